The van der Waals surface area contributed by atoms with Gasteiger partial charge in [-0.2, -0.15) is 9.97 Å². The molecule has 7 atom stereocenters. The molecule has 5 N–H and O–H groups in total. The van der Waals surface area contributed by atoms with Crippen LogP contribution in [0.3, 0.4) is 0 Å². The van der Waals surface area contributed by atoms with Crippen molar-refractivity contribution in [2.24, 2.45) is 0 Å². The molecule has 2 aliphatic heterocycles. The number of ether oxygens (including phenoxy) is 3. The van der Waals surface area contributed by atoms with Gasteiger partial charge >= 0.3 is 12.7 Å². The van der Waals surface area contributed by atoms with Crippen LogP contribution < -0.4 is 15.6 Å². The van der Waals surface area contributed by atoms with Gasteiger partial charge < -0.3 is 34.7 Å². The quantitative estimate of drug-likeness (QED) is 0.218. The van der Waals surface area contributed by atoms with Crippen LogP contribution in [0, 0.1) is 0 Å². The number of carbonyl (C=O) groups excluding carboxylic acids is 1. The second-order valence-electron chi connectivity index (χ2n) is 9.70. The maximum absolute atomic E-state index is 13.5. The number of benzene rings is 1. The summed E-state index contributed by atoms with van der Waals surface area (Å²) in [6.45, 7) is -0.748. The van der Waals surface area contributed by atoms with Gasteiger partial charge in [-0.3, -0.25) is 13.9 Å². The monoisotopic (exact) mass is 594 g/mol. The predicted octanol–water partition coefficient (Wildman–Crippen LogP) is 1.95. The van der Waals surface area contributed by atoms with E-state index in [-0.39, 0.29) is 29.6 Å². The summed E-state index contributed by atoms with van der Waals surface area (Å²) in [5.74, 6) is -0.0791. The largest absolute Gasteiger partial charge is 0.479 e. The summed E-state index contributed by atoms with van der Waals surface area (Å²) in [5.41, 5.74) is 5.34. The second kappa shape index (κ2) is 11.2. The lowest BCUT2D eigenvalue weighted by Crippen LogP contribution is -2.44. The summed E-state index contributed by atoms with van der Waals surface area (Å²) < 4.78 is 37.4. The van der Waals surface area contributed by atoms with Crippen molar-refractivity contribution in [3.05, 3.63) is 42.2 Å². The SMILES string of the molecule is COc1nc(N)nc2c1ncn2[C@@H]1OC(CO[P@@]2(=O)NC(C(=O)O[C@H](C)c3ccccc3)CCS2)[C@@H](O)[C@@]1(C)O. The average Bonchev–Trinajstić information content (AvgIpc) is 3.45. The summed E-state index contributed by atoms with van der Waals surface area (Å²) in [4.78, 5) is 25.2. The minimum absolute atomic E-state index is 0.0751. The number of imidazole rings is 1. The first-order valence-corrected chi connectivity index (χ1v) is 15.8. The molecule has 40 heavy (non-hydrogen) atoms. The first-order chi connectivity index (χ1) is 19.0. The van der Waals surface area contributed by atoms with Crippen LogP contribution in [0.5, 0.6) is 5.88 Å². The van der Waals surface area contributed by atoms with Crippen molar-refractivity contribution in [2.45, 2.75) is 56.5 Å². The van der Waals surface area contributed by atoms with Gasteiger partial charge in [0.05, 0.1) is 20.0 Å². The molecule has 1 aromatic carbocycles. The van der Waals surface area contributed by atoms with Crippen molar-refractivity contribution < 1.29 is 38.3 Å². The number of nitrogens with two attached hydrogens (primary N) is 1. The number of hydrogen-bond donors (Lipinski definition) is 4. The lowest BCUT2D eigenvalue weighted by atomic mass is 9.96. The van der Waals surface area contributed by atoms with Gasteiger partial charge in [-0.25, -0.2) is 10.1 Å². The summed E-state index contributed by atoms with van der Waals surface area (Å²) in [6.07, 6.45) is -2.35. The van der Waals surface area contributed by atoms with E-state index >= 15 is 0 Å². The molecule has 2 fully saturated rings. The Morgan fingerprint density at radius 3 is 2.85 bits per heavy atom. The van der Waals surface area contributed by atoms with Crippen molar-refractivity contribution in [1.82, 2.24) is 24.6 Å². The Labute approximate surface area is 233 Å². The summed E-state index contributed by atoms with van der Waals surface area (Å²) in [6, 6.07) is 8.46. The smallest absolute Gasteiger partial charge is 0.327 e. The number of aliphatic hydroxyl groups is 2. The first-order valence-electron chi connectivity index (χ1n) is 12.5. The summed E-state index contributed by atoms with van der Waals surface area (Å²) in [7, 11) is 1.41. The molecule has 0 spiro atoms. The molecule has 14 nitrogen and oxygen atoms in total. The Kier molecular flexibility index (Phi) is 8.08. The molecule has 0 aliphatic carbocycles. The lowest BCUT2D eigenvalue weighted by molar-refractivity contribution is -0.150. The molecule has 4 heterocycles. The number of carbonyl (C=O) groups is 1. The normalized spacial score (nSPS) is 31.2. The third-order valence-corrected chi connectivity index (χ3v) is 10.9. The molecule has 3 aromatic rings. The molecular formula is C24H31N6O8PS. The highest BCUT2D eigenvalue weighted by Crippen LogP contribution is 2.59. The number of nitrogens with zero attached hydrogens (tertiary/aromatic N) is 4. The van der Waals surface area contributed by atoms with Gasteiger partial charge in [0.15, 0.2) is 17.4 Å². The predicted molar refractivity (Wildman–Crippen MR) is 145 cm³/mol. The van der Waals surface area contributed by atoms with Gasteiger partial charge in [-0.1, -0.05) is 41.7 Å². The highest BCUT2D eigenvalue weighted by atomic mass is 32.7. The number of aromatic nitrogens is 4. The molecule has 2 aliphatic rings. The number of anilines is 1. The van der Waals surface area contributed by atoms with Crippen LogP contribution in [0.15, 0.2) is 36.7 Å². The third-order valence-electron chi connectivity index (χ3n) is 6.84. The highest BCUT2D eigenvalue weighted by Gasteiger charge is 2.54. The Morgan fingerprint density at radius 2 is 2.12 bits per heavy atom. The first kappa shape index (κ1) is 28.7. The number of nitrogen functional groups attached to an aromatic ring is 1. The van der Waals surface area contributed by atoms with E-state index in [0.717, 1.165) is 16.9 Å². The van der Waals surface area contributed by atoms with Crippen LogP contribution in [-0.2, 0) is 23.4 Å². The molecule has 16 heteroatoms. The minimum atomic E-state index is -3.58. The van der Waals surface area contributed by atoms with Gasteiger partial charge in [0.2, 0.25) is 11.8 Å². The molecule has 2 saturated heterocycles. The van der Waals surface area contributed by atoms with E-state index in [1.54, 1.807) is 6.92 Å². The Bertz CT molecular complexity index is 1430. The standard InChI is InChI=1S/C24H31N6O8PS/c1-13(14-7-5-4-6-8-14)37-21(32)15-9-10-40-39(34,29-15)36-11-16-18(31)24(2,33)22(38-16)30-12-26-17-19(30)27-23(25)28-20(17)35-3/h4-8,12-13,15-16,18,22,31,33H,9-11H2,1-3H3,(H,29,34)(H2,25,27,28)/t13-,15?,16?,18-,22-,24-,39+/m1/s1. The number of fused-ring (bicyclic) bond motifs is 1. The van der Waals surface area contributed by atoms with E-state index in [2.05, 4.69) is 20.0 Å². The van der Waals surface area contributed by atoms with Gasteiger partial charge in [-0.05, 0) is 25.8 Å². The molecule has 2 aromatic heterocycles. The molecule has 0 saturated carbocycles. The van der Waals surface area contributed by atoms with E-state index in [9.17, 15) is 19.6 Å². The number of hydrogen-bond acceptors (Lipinski definition) is 13. The Hall–Kier alpha value is -2.78. The zero-order valence-electron chi connectivity index (χ0n) is 22.0. The van der Waals surface area contributed by atoms with Crippen LogP contribution in [0.1, 0.15) is 38.2 Å². The van der Waals surface area contributed by atoms with Gasteiger partial charge in [0.25, 0.3) is 0 Å². The zero-order valence-corrected chi connectivity index (χ0v) is 23.7. The molecule has 5 rings (SSSR count). The fourth-order valence-corrected chi connectivity index (χ4v) is 8.46. The second-order valence-corrected chi connectivity index (χ2v) is 14.1. The Morgan fingerprint density at radius 1 is 1.38 bits per heavy atom. The fourth-order valence-electron chi connectivity index (χ4n) is 4.65. The maximum Gasteiger partial charge on any atom is 0.327 e. The van der Waals surface area contributed by atoms with E-state index in [0.29, 0.717) is 12.2 Å². The average molecular weight is 595 g/mol. The molecule has 2 unspecified atom stereocenters. The number of rotatable bonds is 8. The van der Waals surface area contributed by atoms with Crippen molar-refractivity contribution >= 4 is 41.2 Å². The van der Waals surface area contributed by atoms with E-state index in [1.165, 1.54) is 24.9 Å². The lowest BCUT2D eigenvalue weighted by Gasteiger charge is -2.30. The van der Waals surface area contributed by atoms with Crippen LogP contribution in [0.4, 0.5) is 5.95 Å². The summed E-state index contributed by atoms with van der Waals surface area (Å²) in [5, 5.41) is 24.9. The van der Waals surface area contributed by atoms with Crippen molar-refractivity contribution in [2.75, 3.05) is 25.2 Å². The molecule has 0 bridgehead atoms. The summed E-state index contributed by atoms with van der Waals surface area (Å²) >= 11 is 1.05. The number of nitrogens with one attached hydrogen (secondary N) is 1. The van der Waals surface area contributed by atoms with E-state index in [4.69, 9.17) is 24.5 Å². The molecular weight excluding hydrogens is 563 g/mol. The minimum Gasteiger partial charge on any atom is -0.479 e. The third kappa shape index (κ3) is 5.55. The van der Waals surface area contributed by atoms with Gasteiger partial charge in [0, 0.05) is 5.75 Å². The highest BCUT2D eigenvalue weighted by molar-refractivity contribution is 8.56. The van der Waals surface area contributed by atoms with Gasteiger partial charge in [0.1, 0.15) is 30.0 Å². The number of methoxy groups -OCH3 is 1. The molecule has 216 valence electrons. The molecule has 0 radical (unpaired) electrons. The van der Waals surface area contributed by atoms with Crippen LogP contribution >= 0.6 is 18.1 Å². The Balaban J connectivity index is 1.25. The van der Waals surface area contributed by atoms with Crippen LogP contribution in [-0.4, -0.2) is 79.0 Å². The van der Waals surface area contributed by atoms with Crippen molar-refractivity contribution in [3.8, 4) is 5.88 Å². The maximum atomic E-state index is 13.5. The fraction of sp³-hybridized carbons (Fsp3) is 0.500. The van der Waals surface area contributed by atoms with Gasteiger partial charge in [-0.15, -0.1) is 0 Å². The number of aliphatic hydroxyl groups excluding tert-OH is 1. The van der Waals surface area contributed by atoms with E-state index in [1.807, 2.05) is 30.3 Å². The van der Waals surface area contributed by atoms with Crippen molar-refractivity contribution in [1.29, 1.82) is 0 Å². The topological polar surface area (TPSA) is 193 Å². The van der Waals surface area contributed by atoms with Crippen molar-refractivity contribution in [3.63, 3.8) is 0 Å². The van der Waals surface area contributed by atoms with E-state index < -0.39 is 48.9 Å². The number of esters is 1. The zero-order chi connectivity index (χ0) is 28.7. The van der Waals surface area contributed by atoms with Crippen LogP contribution in [0.25, 0.3) is 11.2 Å². The molecule has 0 amide bonds. The van der Waals surface area contributed by atoms with Crippen LogP contribution in [0.2, 0.25) is 0 Å².